The van der Waals surface area contributed by atoms with Gasteiger partial charge in [-0.05, 0) is 35.9 Å². The van der Waals surface area contributed by atoms with Crippen molar-refractivity contribution in [2.24, 2.45) is 0 Å². The number of carbonyl (C=O) groups excluding carboxylic acids is 2. The molecule has 1 atom stereocenters. The van der Waals surface area contributed by atoms with Gasteiger partial charge in [-0.15, -0.1) is 0 Å². The van der Waals surface area contributed by atoms with Gasteiger partial charge in [0.25, 0.3) is 5.91 Å². The number of carbonyl (C=O) groups is 2. The third-order valence-corrected chi connectivity index (χ3v) is 4.58. The Morgan fingerprint density at radius 1 is 0.862 bits per heavy atom. The quantitative estimate of drug-likeness (QED) is 0.513. The summed E-state index contributed by atoms with van der Waals surface area (Å²) in [6.07, 6.45) is 0. The SMILES string of the molecule is CC(=O)Nc1cccc(C(=O)NC(c2ccccc2)c2cc3ccccc3o2)c1. The van der Waals surface area contributed by atoms with Crippen LogP contribution in [0.1, 0.15) is 34.6 Å². The van der Waals surface area contributed by atoms with Crippen molar-refractivity contribution in [3.05, 3.63) is 102 Å². The number of para-hydroxylation sites is 1. The van der Waals surface area contributed by atoms with Gasteiger partial charge in [-0.2, -0.15) is 0 Å². The van der Waals surface area contributed by atoms with Crippen LogP contribution in [-0.4, -0.2) is 11.8 Å². The van der Waals surface area contributed by atoms with Crippen LogP contribution < -0.4 is 10.6 Å². The van der Waals surface area contributed by atoms with Crippen molar-refractivity contribution in [3.63, 3.8) is 0 Å². The minimum Gasteiger partial charge on any atom is -0.459 e. The third kappa shape index (κ3) is 4.19. The molecule has 0 fully saturated rings. The molecule has 3 aromatic carbocycles. The van der Waals surface area contributed by atoms with Crippen LogP contribution in [0.2, 0.25) is 0 Å². The monoisotopic (exact) mass is 384 g/mol. The molecule has 2 N–H and O–H groups in total. The predicted molar refractivity (Wildman–Crippen MR) is 113 cm³/mol. The fraction of sp³-hybridized carbons (Fsp3) is 0.0833. The summed E-state index contributed by atoms with van der Waals surface area (Å²) in [4.78, 5) is 24.3. The molecule has 4 aromatic rings. The summed E-state index contributed by atoms with van der Waals surface area (Å²) in [6, 6.07) is 25.8. The van der Waals surface area contributed by atoms with Gasteiger partial charge in [0.15, 0.2) is 0 Å². The van der Waals surface area contributed by atoms with Gasteiger partial charge in [0.1, 0.15) is 17.4 Å². The molecule has 0 aliphatic carbocycles. The highest BCUT2D eigenvalue weighted by molar-refractivity contribution is 5.97. The van der Waals surface area contributed by atoms with Gasteiger partial charge in [-0.25, -0.2) is 0 Å². The lowest BCUT2D eigenvalue weighted by Crippen LogP contribution is -2.29. The maximum absolute atomic E-state index is 13.0. The standard InChI is InChI=1S/C24H20N2O3/c1-16(27)25-20-12-7-11-19(14-20)24(28)26-23(17-8-3-2-4-9-17)22-15-18-10-5-6-13-21(18)29-22/h2-15,23H,1H3,(H,25,27)(H,26,28). The van der Waals surface area contributed by atoms with E-state index in [-0.39, 0.29) is 11.8 Å². The summed E-state index contributed by atoms with van der Waals surface area (Å²) in [5, 5.41) is 6.74. The average Bonchev–Trinajstić information content (AvgIpc) is 3.16. The van der Waals surface area contributed by atoms with Gasteiger partial charge in [0.2, 0.25) is 5.91 Å². The van der Waals surface area contributed by atoms with E-state index in [2.05, 4.69) is 10.6 Å². The Bertz CT molecular complexity index is 1130. The fourth-order valence-corrected chi connectivity index (χ4v) is 3.26. The summed E-state index contributed by atoms with van der Waals surface area (Å²) >= 11 is 0. The molecule has 0 radical (unpaired) electrons. The average molecular weight is 384 g/mol. The zero-order valence-electron chi connectivity index (χ0n) is 15.9. The number of hydrogen-bond donors (Lipinski definition) is 2. The van der Waals surface area contributed by atoms with Crippen molar-refractivity contribution >= 4 is 28.5 Å². The first kappa shape index (κ1) is 18.5. The van der Waals surface area contributed by atoms with E-state index in [1.54, 1.807) is 24.3 Å². The Labute approximate surface area is 168 Å². The van der Waals surface area contributed by atoms with E-state index in [4.69, 9.17) is 4.42 Å². The Morgan fingerprint density at radius 2 is 1.62 bits per heavy atom. The molecule has 0 bridgehead atoms. The smallest absolute Gasteiger partial charge is 0.252 e. The maximum atomic E-state index is 13.0. The van der Waals surface area contributed by atoms with Crippen molar-refractivity contribution in [2.45, 2.75) is 13.0 Å². The minimum absolute atomic E-state index is 0.188. The van der Waals surface area contributed by atoms with E-state index >= 15 is 0 Å². The van der Waals surface area contributed by atoms with Gasteiger partial charge in [-0.3, -0.25) is 9.59 Å². The first-order valence-corrected chi connectivity index (χ1v) is 9.32. The lowest BCUT2D eigenvalue weighted by Gasteiger charge is -2.17. The molecule has 0 saturated heterocycles. The number of anilines is 1. The number of amides is 2. The summed E-state index contributed by atoms with van der Waals surface area (Å²) in [7, 11) is 0. The summed E-state index contributed by atoms with van der Waals surface area (Å²) < 4.78 is 6.03. The second kappa shape index (κ2) is 8.02. The fourth-order valence-electron chi connectivity index (χ4n) is 3.26. The lowest BCUT2D eigenvalue weighted by molar-refractivity contribution is -0.114. The third-order valence-electron chi connectivity index (χ3n) is 4.58. The normalized spacial score (nSPS) is 11.8. The maximum Gasteiger partial charge on any atom is 0.252 e. The lowest BCUT2D eigenvalue weighted by atomic mass is 10.0. The molecule has 0 aliphatic rings. The van der Waals surface area contributed by atoms with Crippen molar-refractivity contribution < 1.29 is 14.0 Å². The molecule has 2 amide bonds. The number of rotatable bonds is 5. The first-order valence-electron chi connectivity index (χ1n) is 9.32. The van der Waals surface area contributed by atoms with E-state index in [1.807, 2.05) is 60.7 Å². The summed E-state index contributed by atoms with van der Waals surface area (Å²) in [6.45, 7) is 1.43. The second-order valence-corrected chi connectivity index (χ2v) is 6.77. The molecule has 0 spiro atoms. The van der Waals surface area contributed by atoms with Gasteiger partial charge in [-0.1, -0.05) is 54.6 Å². The van der Waals surface area contributed by atoms with E-state index < -0.39 is 6.04 Å². The highest BCUT2D eigenvalue weighted by Crippen LogP contribution is 2.28. The van der Waals surface area contributed by atoms with Gasteiger partial charge >= 0.3 is 0 Å². The van der Waals surface area contributed by atoms with Gasteiger partial charge in [0.05, 0.1) is 0 Å². The van der Waals surface area contributed by atoms with E-state index in [0.29, 0.717) is 17.0 Å². The highest BCUT2D eigenvalue weighted by Gasteiger charge is 2.21. The predicted octanol–water partition coefficient (Wildman–Crippen LogP) is 4.91. The number of hydrogen-bond acceptors (Lipinski definition) is 3. The summed E-state index contributed by atoms with van der Waals surface area (Å²) in [5.41, 5.74) is 2.71. The largest absolute Gasteiger partial charge is 0.459 e. The minimum atomic E-state index is -0.444. The van der Waals surface area contributed by atoms with E-state index in [1.165, 1.54) is 6.92 Å². The zero-order valence-corrected chi connectivity index (χ0v) is 15.9. The molecule has 0 aliphatic heterocycles. The molecule has 4 rings (SSSR count). The topological polar surface area (TPSA) is 71.3 Å². The molecule has 1 unspecified atom stereocenters. The van der Waals surface area contributed by atoms with Crippen LogP contribution >= 0.6 is 0 Å². The molecule has 29 heavy (non-hydrogen) atoms. The molecule has 5 nitrogen and oxygen atoms in total. The molecule has 1 heterocycles. The van der Waals surface area contributed by atoms with Crippen molar-refractivity contribution in [1.29, 1.82) is 0 Å². The summed E-state index contributed by atoms with van der Waals surface area (Å²) in [5.74, 6) is 0.210. The van der Waals surface area contributed by atoms with Crippen LogP contribution in [0.5, 0.6) is 0 Å². The Balaban J connectivity index is 1.67. The van der Waals surface area contributed by atoms with E-state index in [0.717, 1.165) is 16.5 Å². The van der Waals surface area contributed by atoms with Crippen molar-refractivity contribution in [2.75, 3.05) is 5.32 Å². The number of fused-ring (bicyclic) bond motifs is 1. The zero-order chi connectivity index (χ0) is 20.2. The molecular weight excluding hydrogens is 364 g/mol. The molecule has 1 aromatic heterocycles. The number of furan rings is 1. The molecule has 0 saturated carbocycles. The highest BCUT2D eigenvalue weighted by atomic mass is 16.3. The Hall–Kier alpha value is -3.86. The number of benzene rings is 3. The molecular formula is C24H20N2O3. The van der Waals surface area contributed by atoms with Crippen LogP contribution in [-0.2, 0) is 4.79 Å². The second-order valence-electron chi connectivity index (χ2n) is 6.77. The van der Waals surface area contributed by atoms with Gasteiger partial charge < -0.3 is 15.1 Å². The van der Waals surface area contributed by atoms with Crippen LogP contribution in [0, 0.1) is 0 Å². The van der Waals surface area contributed by atoms with Crippen LogP contribution in [0.4, 0.5) is 5.69 Å². The van der Waals surface area contributed by atoms with Crippen LogP contribution in [0.3, 0.4) is 0 Å². The molecule has 5 heteroatoms. The van der Waals surface area contributed by atoms with Crippen LogP contribution in [0.15, 0.2) is 89.3 Å². The first-order chi connectivity index (χ1) is 14.1. The number of nitrogens with one attached hydrogen (secondary N) is 2. The van der Waals surface area contributed by atoms with Crippen LogP contribution in [0.25, 0.3) is 11.0 Å². The van der Waals surface area contributed by atoms with Crippen molar-refractivity contribution in [1.82, 2.24) is 5.32 Å². The van der Waals surface area contributed by atoms with Crippen molar-refractivity contribution in [3.8, 4) is 0 Å². The van der Waals surface area contributed by atoms with Gasteiger partial charge in [0, 0.05) is 23.6 Å². The Morgan fingerprint density at radius 3 is 2.38 bits per heavy atom. The van der Waals surface area contributed by atoms with E-state index in [9.17, 15) is 9.59 Å². The molecule has 144 valence electrons. The Kier molecular flexibility index (Phi) is 5.12.